The molecule has 8 heteroatoms. The number of non-ortho nitro benzene ring substituents is 1. The molecule has 0 aliphatic heterocycles. The quantitative estimate of drug-likeness (QED) is 0.0401. The molecule has 1 unspecified atom stereocenters. The largest absolute Gasteiger partial charge is 0.507 e. The zero-order valence-corrected chi connectivity index (χ0v) is 43.8. The molecule has 65 heavy (non-hydrogen) atoms. The first kappa shape index (κ1) is 55.4. The van der Waals surface area contributed by atoms with Gasteiger partial charge >= 0.3 is 0 Å². The van der Waals surface area contributed by atoms with Crippen LogP contribution in [0.4, 0.5) is 5.69 Å². The number of aliphatic imine (C=N–C) groups is 1. The van der Waals surface area contributed by atoms with E-state index >= 15 is 0 Å². The fourth-order valence-corrected chi connectivity index (χ4v) is 8.62. The molecule has 0 aliphatic rings. The van der Waals surface area contributed by atoms with E-state index < -0.39 is 16.6 Å². The Morgan fingerprint density at radius 2 is 0.985 bits per heavy atom. The first-order valence-electron chi connectivity index (χ1n) is 25.0. The molecule has 364 valence electrons. The Kier molecular flexibility index (Phi) is 20.2. The van der Waals surface area contributed by atoms with Gasteiger partial charge in [-0.05, 0) is 88.3 Å². The summed E-state index contributed by atoms with van der Waals surface area (Å²) in [5, 5.41) is 37.2. The normalized spacial score (nSPS) is 13.5. The van der Waals surface area contributed by atoms with Crippen molar-refractivity contribution in [1.82, 2.24) is 0 Å². The summed E-state index contributed by atoms with van der Waals surface area (Å²) < 4.78 is 13.8. The molecule has 0 aliphatic carbocycles. The van der Waals surface area contributed by atoms with Gasteiger partial charge in [-0.1, -0.05) is 175 Å². The van der Waals surface area contributed by atoms with Gasteiger partial charge in [-0.25, -0.2) is 0 Å². The first-order chi connectivity index (χ1) is 30.2. The van der Waals surface area contributed by atoms with Crippen LogP contribution in [-0.2, 0) is 27.3 Å². The van der Waals surface area contributed by atoms with E-state index in [0.717, 1.165) is 59.4 Å². The van der Waals surface area contributed by atoms with Crippen LogP contribution in [0.3, 0.4) is 0 Å². The molecule has 0 saturated heterocycles. The molecule has 8 nitrogen and oxygen atoms in total. The highest BCUT2D eigenvalue weighted by Gasteiger charge is 2.45. The van der Waals surface area contributed by atoms with Crippen LogP contribution in [0.2, 0.25) is 0 Å². The van der Waals surface area contributed by atoms with Gasteiger partial charge in [0.15, 0.2) is 0 Å². The van der Waals surface area contributed by atoms with Gasteiger partial charge in [-0.3, -0.25) is 15.1 Å². The summed E-state index contributed by atoms with van der Waals surface area (Å²) in [5.41, 5.74) is 2.34. The number of ether oxygens (including phenoxy) is 2. The predicted molar refractivity (Wildman–Crippen MR) is 274 cm³/mol. The second-order valence-corrected chi connectivity index (χ2v) is 23.2. The van der Waals surface area contributed by atoms with Crippen molar-refractivity contribution in [3.63, 3.8) is 0 Å². The standard InChI is InChI=1S/C57H90N2O6/c1-17-19-21-23-25-27-31-64-51-45(53(5,6)7)35-42(36-46(51)54(8,9)10)57(61,50(33-40(3)4)58-39-41-34-44(59(62)63)29-30-49(41)60)43-37-47(55(11,12)13)52(48(38-43)56(14,15)16)65-32-28-26-24-22-20-18-2/h29-30,34-40,50,60-61H,17-28,31-33H2,1-16H3. The van der Waals surface area contributed by atoms with Gasteiger partial charge in [0.25, 0.3) is 5.69 Å². The summed E-state index contributed by atoms with van der Waals surface area (Å²) in [6.45, 7) is 36.4. The second kappa shape index (κ2) is 23.7. The third-order valence-corrected chi connectivity index (χ3v) is 12.6. The number of unbranched alkanes of at least 4 members (excludes halogenated alkanes) is 10. The number of nitro groups is 1. The van der Waals surface area contributed by atoms with Crippen molar-refractivity contribution in [3.8, 4) is 17.2 Å². The zero-order chi connectivity index (χ0) is 49.0. The highest BCUT2D eigenvalue weighted by Crippen LogP contribution is 2.49. The van der Waals surface area contributed by atoms with Crippen molar-refractivity contribution in [2.45, 2.75) is 228 Å². The maximum Gasteiger partial charge on any atom is 0.270 e. The highest BCUT2D eigenvalue weighted by atomic mass is 16.6. The van der Waals surface area contributed by atoms with E-state index in [2.05, 4.69) is 135 Å². The molecule has 0 spiro atoms. The van der Waals surface area contributed by atoms with Crippen molar-refractivity contribution in [1.29, 1.82) is 0 Å². The van der Waals surface area contributed by atoms with Crippen molar-refractivity contribution < 1.29 is 24.6 Å². The SMILES string of the molecule is CCCCCCCCOc1c(C(C)(C)C)cc(C(O)(c2cc(C(C)(C)C)c(OCCCCCCCC)c(C(C)(C)C)c2)C(CC(C)C)N=Cc2cc([N+](=O)[O-])ccc2O)cc1C(C)(C)C. The van der Waals surface area contributed by atoms with Gasteiger partial charge < -0.3 is 19.7 Å². The molecule has 0 aromatic heterocycles. The number of aliphatic hydroxyl groups is 1. The predicted octanol–water partition coefficient (Wildman–Crippen LogP) is 15.7. The van der Waals surface area contributed by atoms with Crippen molar-refractivity contribution in [2.24, 2.45) is 10.9 Å². The minimum atomic E-state index is -1.73. The van der Waals surface area contributed by atoms with Crippen LogP contribution in [0, 0.1) is 16.0 Å². The third-order valence-electron chi connectivity index (χ3n) is 12.6. The average Bonchev–Trinajstić information content (AvgIpc) is 3.19. The fourth-order valence-electron chi connectivity index (χ4n) is 8.62. The van der Waals surface area contributed by atoms with Gasteiger partial charge in [-0.15, -0.1) is 0 Å². The second-order valence-electron chi connectivity index (χ2n) is 23.2. The van der Waals surface area contributed by atoms with Gasteiger partial charge in [0.05, 0.1) is 24.2 Å². The Bertz CT molecular complexity index is 1840. The molecular formula is C57H90N2O6. The van der Waals surface area contributed by atoms with Gasteiger partial charge in [0.1, 0.15) is 22.8 Å². The molecule has 3 aromatic rings. The Balaban J connectivity index is 2.53. The van der Waals surface area contributed by atoms with Crippen LogP contribution in [0.5, 0.6) is 17.2 Å². The minimum absolute atomic E-state index is 0.0931. The van der Waals surface area contributed by atoms with Crippen molar-refractivity contribution in [2.75, 3.05) is 13.2 Å². The number of rotatable bonds is 24. The van der Waals surface area contributed by atoms with Crippen LogP contribution >= 0.6 is 0 Å². The molecule has 2 N–H and O–H groups in total. The van der Waals surface area contributed by atoms with Gasteiger partial charge in [0, 0.05) is 46.2 Å². The minimum Gasteiger partial charge on any atom is -0.507 e. The molecule has 0 fully saturated rings. The number of phenolic OH excluding ortho intramolecular Hbond substituents is 1. The number of hydrogen-bond acceptors (Lipinski definition) is 7. The lowest BCUT2D eigenvalue weighted by Crippen LogP contribution is -2.42. The van der Waals surface area contributed by atoms with E-state index in [9.17, 15) is 20.3 Å². The topological polar surface area (TPSA) is 114 Å². The highest BCUT2D eigenvalue weighted by molar-refractivity contribution is 5.84. The van der Waals surface area contributed by atoms with E-state index in [1.165, 1.54) is 75.8 Å². The van der Waals surface area contributed by atoms with E-state index in [0.29, 0.717) is 30.8 Å². The fraction of sp³-hybridized carbons (Fsp3) is 0.667. The van der Waals surface area contributed by atoms with Crippen molar-refractivity contribution >= 4 is 11.9 Å². The summed E-state index contributed by atoms with van der Waals surface area (Å²) in [6, 6.07) is 11.8. The summed E-state index contributed by atoms with van der Waals surface area (Å²) in [6.07, 6.45) is 16.0. The molecule has 0 amide bonds. The average molecular weight is 899 g/mol. The molecule has 0 bridgehead atoms. The smallest absolute Gasteiger partial charge is 0.270 e. The number of phenols is 1. The Hall–Kier alpha value is -3.91. The molecule has 1 atom stereocenters. The number of nitro benzene ring substituents is 1. The summed E-state index contributed by atoms with van der Waals surface area (Å²) in [5.74, 6) is 1.72. The van der Waals surface area contributed by atoms with Gasteiger partial charge in [0.2, 0.25) is 0 Å². The van der Waals surface area contributed by atoms with E-state index in [4.69, 9.17) is 14.5 Å². The van der Waals surface area contributed by atoms with Crippen LogP contribution < -0.4 is 9.47 Å². The van der Waals surface area contributed by atoms with Crippen LogP contribution in [-0.4, -0.2) is 40.6 Å². The van der Waals surface area contributed by atoms with E-state index in [1.807, 2.05) is 0 Å². The maximum absolute atomic E-state index is 14.4. The third kappa shape index (κ3) is 15.6. The lowest BCUT2D eigenvalue weighted by Gasteiger charge is -2.41. The van der Waals surface area contributed by atoms with Crippen molar-refractivity contribution in [3.05, 3.63) is 91.5 Å². The summed E-state index contributed by atoms with van der Waals surface area (Å²) in [7, 11) is 0. The number of aromatic hydroxyl groups is 1. The van der Waals surface area contributed by atoms with Crippen LogP contribution in [0.1, 0.15) is 233 Å². The molecular weight excluding hydrogens is 809 g/mol. The Labute approximate surface area is 395 Å². The van der Waals surface area contributed by atoms with Crippen LogP contribution in [0.15, 0.2) is 47.5 Å². The number of benzene rings is 3. The molecule has 3 rings (SSSR count). The molecule has 0 saturated carbocycles. The van der Waals surface area contributed by atoms with E-state index in [1.54, 1.807) is 0 Å². The lowest BCUT2D eigenvalue weighted by molar-refractivity contribution is -0.384. The molecule has 3 aromatic carbocycles. The maximum atomic E-state index is 14.4. The van der Waals surface area contributed by atoms with Gasteiger partial charge in [-0.2, -0.15) is 0 Å². The summed E-state index contributed by atoms with van der Waals surface area (Å²) >= 11 is 0. The zero-order valence-electron chi connectivity index (χ0n) is 43.8. The number of hydrogen-bond donors (Lipinski definition) is 2. The Morgan fingerprint density at radius 3 is 1.32 bits per heavy atom. The summed E-state index contributed by atoms with van der Waals surface area (Å²) in [4.78, 5) is 16.6. The lowest BCUT2D eigenvalue weighted by atomic mass is 9.69. The first-order valence-corrected chi connectivity index (χ1v) is 25.0. The monoisotopic (exact) mass is 899 g/mol. The number of nitrogens with zero attached hydrogens (tertiary/aromatic N) is 2. The van der Waals surface area contributed by atoms with E-state index in [-0.39, 0.29) is 44.6 Å². The van der Waals surface area contributed by atoms with Crippen LogP contribution in [0.25, 0.3) is 0 Å². The molecule has 0 heterocycles. The Morgan fingerprint density at radius 1 is 0.615 bits per heavy atom. The molecule has 0 radical (unpaired) electrons.